The van der Waals surface area contributed by atoms with E-state index < -0.39 is 10.0 Å². The summed E-state index contributed by atoms with van der Waals surface area (Å²) in [5.74, 6) is 0.282. The zero-order valence-electron chi connectivity index (χ0n) is 9.34. The molecule has 0 atom stereocenters. The van der Waals surface area contributed by atoms with Crippen molar-refractivity contribution in [3.8, 4) is 0 Å². The molecule has 2 aromatic heterocycles. The molecule has 0 saturated heterocycles. The van der Waals surface area contributed by atoms with Gasteiger partial charge >= 0.3 is 0 Å². The average molecular weight is 348 g/mol. The lowest BCUT2D eigenvalue weighted by molar-refractivity contribution is 0.602. The summed E-state index contributed by atoms with van der Waals surface area (Å²) in [5.41, 5.74) is 6.73. The first-order chi connectivity index (χ1) is 8.40. The monoisotopic (exact) mass is 347 g/mol. The summed E-state index contributed by atoms with van der Waals surface area (Å²) in [5, 5.41) is 1.70. The minimum absolute atomic E-state index is 0.223. The molecular formula is C10H10BrN3O2S2. The van der Waals surface area contributed by atoms with Gasteiger partial charge in [-0.3, -0.25) is 4.72 Å². The number of rotatable bonds is 3. The minimum atomic E-state index is -3.62. The van der Waals surface area contributed by atoms with Crippen molar-refractivity contribution in [3.63, 3.8) is 0 Å². The molecule has 0 spiro atoms. The zero-order chi connectivity index (χ0) is 13.3. The van der Waals surface area contributed by atoms with Crippen LogP contribution in [0.1, 0.15) is 5.56 Å². The molecule has 5 nitrogen and oxygen atoms in total. The van der Waals surface area contributed by atoms with Gasteiger partial charge in [-0.2, -0.15) is 0 Å². The van der Waals surface area contributed by atoms with Gasteiger partial charge in [0.05, 0.1) is 11.9 Å². The molecule has 2 aromatic rings. The Morgan fingerprint density at radius 1 is 1.50 bits per heavy atom. The molecule has 0 bridgehead atoms. The fourth-order valence-corrected chi connectivity index (χ4v) is 4.77. The van der Waals surface area contributed by atoms with Crippen molar-refractivity contribution in [2.24, 2.45) is 0 Å². The molecular weight excluding hydrogens is 338 g/mol. The Kier molecular flexibility index (Phi) is 3.60. The van der Waals surface area contributed by atoms with Gasteiger partial charge in [0, 0.05) is 4.47 Å². The van der Waals surface area contributed by atoms with Crippen LogP contribution in [0.25, 0.3) is 0 Å². The number of pyridine rings is 1. The smallest absolute Gasteiger partial charge is 0.273 e. The second-order valence-electron chi connectivity index (χ2n) is 3.60. The number of hydrogen-bond donors (Lipinski definition) is 2. The van der Waals surface area contributed by atoms with Crippen molar-refractivity contribution >= 4 is 48.8 Å². The predicted octanol–water partition coefficient (Wildman–Crippen LogP) is 2.60. The van der Waals surface area contributed by atoms with Crippen molar-refractivity contribution in [2.75, 3.05) is 10.5 Å². The van der Waals surface area contributed by atoms with Crippen molar-refractivity contribution in [3.05, 3.63) is 33.7 Å². The number of nitrogens with two attached hydrogens (primary N) is 1. The number of nitrogens with zero attached hydrogens (tertiary/aromatic N) is 1. The Balaban J connectivity index is 2.37. The van der Waals surface area contributed by atoms with Gasteiger partial charge in [0.1, 0.15) is 5.82 Å². The van der Waals surface area contributed by atoms with Crippen LogP contribution in [0, 0.1) is 6.92 Å². The quantitative estimate of drug-likeness (QED) is 0.893. The number of hydrogen-bond acceptors (Lipinski definition) is 5. The van der Waals surface area contributed by atoms with E-state index in [2.05, 4.69) is 25.6 Å². The van der Waals surface area contributed by atoms with E-state index in [1.54, 1.807) is 24.4 Å². The summed E-state index contributed by atoms with van der Waals surface area (Å²) in [6.07, 6.45) is 1.41. The average Bonchev–Trinajstić information content (AvgIpc) is 2.69. The normalized spacial score (nSPS) is 11.4. The van der Waals surface area contributed by atoms with Gasteiger partial charge in [-0.1, -0.05) is 0 Å². The maximum absolute atomic E-state index is 12.1. The van der Waals surface area contributed by atoms with Crippen LogP contribution in [-0.4, -0.2) is 13.4 Å². The summed E-state index contributed by atoms with van der Waals surface area (Å²) in [6, 6.07) is 3.34. The maximum atomic E-state index is 12.1. The number of sulfonamides is 1. The number of anilines is 2. The first-order valence-corrected chi connectivity index (χ1v) is 8.03. The number of aromatic nitrogens is 1. The number of thiophene rings is 1. The van der Waals surface area contributed by atoms with Gasteiger partial charge in [-0.25, -0.2) is 13.4 Å². The highest BCUT2D eigenvalue weighted by Gasteiger charge is 2.20. The fraction of sp³-hybridized carbons (Fsp3) is 0.100. The van der Waals surface area contributed by atoms with E-state index >= 15 is 0 Å². The van der Waals surface area contributed by atoms with Crippen molar-refractivity contribution in [1.82, 2.24) is 4.98 Å². The molecule has 2 rings (SSSR count). The molecule has 0 fully saturated rings. The highest BCUT2D eigenvalue weighted by Crippen LogP contribution is 2.29. The Bertz CT molecular complexity index is 682. The van der Waals surface area contributed by atoms with Gasteiger partial charge in [-0.05, 0) is 45.9 Å². The molecule has 3 N–H and O–H groups in total. The van der Waals surface area contributed by atoms with E-state index in [1.807, 2.05) is 0 Å². The first kappa shape index (κ1) is 13.3. The molecule has 18 heavy (non-hydrogen) atoms. The molecule has 0 aliphatic carbocycles. The summed E-state index contributed by atoms with van der Waals surface area (Å²) >= 11 is 4.33. The number of halogens is 1. The van der Waals surface area contributed by atoms with Crippen LogP contribution < -0.4 is 10.5 Å². The molecule has 0 radical (unpaired) electrons. The summed E-state index contributed by atoms with van der Waals surface area (Å²) in [6.45, 7) is 1.74. The molecule has 0 aliphatic heterocycles. The van der Waals surface area contributed by atoms with Crippen LogP contribution in [-0.2, 0) is 10.0 Å². The number of aryl methyl sites for hydroxylation is 1. The van der Waals surface area contributed by atoms with E-state index in [1.165, 1.54) is 6.20 Å². The van der Waals surface area contributed by atoms with Crippen LogP contribution in [0.2, 0.25) is 0 Å². The van der Waals surface area contributed by atoms with E-state index in [9.17, 15) is 8.42 Å². The lowest BCUT2D eigenvalue weighted by Gasteiger charge is -2.09. The van der Waals surface area contributed by atoms with E-state index in [4.69, 9.17) is 5.73 Å². The third-order valence-electron chi connectivity index (χ3n) is 2.16. The van der Waals surface area contributed by atoms with Crippen molar-refractivity contribution in [1.29, 1.82) is 0 Å². The van der Waals surface area contributed by atoms with E-state index in [0.717, 1.165) is 11.3 Å². The van der Waals surface area contributed by atoms with Crippen LogP contribution in [0.3, 0.4) is 0 Å². The van der Waals surface area contributed by atoms with Crippen LogP contribution in [0.4, 0.5) is 11.5 Å². The van der Waals surface area contributed by atoms with Gasteiger partial charge < -0.3 is 5.73 Å². The zero-order valence-corrected chi connectivity index (χ0v) is 12.6. The molecule has 0 saturated carbocycles. The third kappa shape index (κ3) is 2.65. The van der Waals surface area contributed by atoms with E-state index in [0.29, 0.717) is 15.7 Å². The second-order valence-corrected chi connectivity index (χ2v) is 7.24. The minimum Gasteiger partial charge on any atom is -0.397 e. The van der Waals surface area contributed by atoms with E-state index in [-0.39, 0.29) is 10.0 Å². The van der Waals surface area contributed by atoms with Crippen LogP contribution in [0.15, 0.2) is 32.4 Å². The Morgan fingerprint density at radius 3 is 2.78 bits per heavy atom. The fourth-order valence-electron chi connectivity index (χ4n) is 1.35. The SMILES string of the molecule is Cc1cc(N)cnc1NS(=O)(=O)c1sccc1Br. The van der Waals surface area contributed by atoms with Gasteiger partial charge in [0.2, 0.25) is 0 Å². The van der Waals surface area contributed by atoms with Crippen molar-refractivity contribution < 1.29 is 8.42 Å². The molecule has 0 aromatic carbocycles. The molecule has 0 aliphatic rings. The summed E-state index contributed by atoms with van der Waals surface area (Å²) in [4.78, 5) is 3.98. The molecule has 2 heterocycles. The first-order valence-electron chi connectivity index (χ1n) is 4.88. The summed E-state index contributed by atoms with van der Waals surface area (Å²) in [7, 11) is -3.62. The number of nitrogens with one attached hydrogen (secondary N) is 1. The highest BCUT2D eigenvalue weighted by atomic mass is 79.9. The maximum Gasteiger partial charge on any atom is 0.273 e. The molecule has 0 amide bonds. The Morgan fingerprint density at radius 2 is 2.22 bits per heavy atom. The topological polar surface area (TPSA) is 85.1 Å². The van der Waals surface area contributed by atoms with Crippen LogP contribution >= 0.6 is 27.3 Å². The Labute approximate surface area is 117 Å². The Hall–Kier alpha value is -1.12. The largest absolute Gasteiger partial charge is 0.397 e. The summed E-state index contributed by atoms with van der Waals surface area (Å²) < 4.78 is 27.4. The van der Waals surface area contributed by atoms with Gasteiger partial charge in [0.25, 0.3) is 10.0 Å². The lowest BCUT2D eigenvalue weighted by atomic mass is 10.3. The molecule has 0 unspecified atom stereocenters. The van der Waals surface area contributed by atoms with Gasteiger partial charge in [-0.15, -0.1) is 11.3 Å². The highest BCUT2D eigenvalue weighted by molar-refractivity contribution is 9.10. The molecule has 8 heteroatoms. The van der Waals surface area contributed by atoms with Crippen molar-refractivity contribution in [2.45, 2.75) is 11.1 Å². The van der Waals surface area contributed by atoms with Gasteiger partial charge in [0.15, 0.2) is 4.21 Å². The standard InChI is InChI=1S/C10H10BrN3O2S2/c1-6-4-7(12)5-13-9(6)14-18(15,16)10-8(11)2-3-17-10/h2-5H,12H2,1H3,(H,13,14). The lowest BCUT2D eigenvalue weighted by Crippen LogP contribution is -2.14. The second kappa shape index (κ2) is 4.87. The third-order valence-corrected chi connectivity index (χ3v) is 6.17. The predicted molar refractivity (Wildman–Crippen MR) is 76.2 cm³/mol. The number of nitrogen functional groups attached to an aromatic ring is 1. The van der Waals surface area contributed by atoms with Crippen LogP contribution in [0.5, 0.6) is 0 Å². The molecule has 96 valence electrons.